The molecule has 0 aromatic heterocycles. The number of hydrogen-bond acceptors (Lipinski definition) is 2. The van der Waals surface area contributed by atoms with E-state index in [9.17, 15) is 35.9 Å². The van der Waals surface area contributed by atoms with Crippen molar-refractivity contribution in [2.24, 2.45) is 0 Å². The van der Waals surface area contributed by atoms with Crippen molar-refractivity contribution in [2.75, 3.05) is 18.4 Å². The summed E-state index contributed by atoms with van der Waals surface area (Å²) in [7, 11) is 0. The van der Waals surface area contributed by atoms with E-state index < -0.39 is 41.0 Å². The van der Waals surface area contributed by atoms with E-state index in [1.54, 1.807) is 0 Å². The molecule has 2 rings (SSSR count). The van der Waals surface area contributed by atoms with Gasteiger partial charge in [0.05, 0.1) is 11.1 Å². The topological polar surface area (TPSA) is 49.4 Å². The van der Waals surface area contributed by atoms with Gasteiger partial charge in [-0.05, 0) is 31.0 Å². The number of carbonyl (C=O) groups excluding carboxylic acids is 2. The Morgan fingerprint density at radius 3 is 1.69 bits per heavy atom. The van der Waals surface area contributed by atoms with Crippen molar-refractivity contribution in [2.45, 2.75) is 38.0 Å². The molecule has 144 valence electrons. The molecule has 1 aliphatic rings. The number of likely N-dealkylation sites (tertiary alicyclic amines) is 1. The lowest BCUT2D eigenvalue weighted by molar-refractivity contribution is -0.143. The van der Waals surface area contributed by atoms with Crippen LogP contribution in [-0.2, 0) is 21.9 Å². The average Bonchev–Trinajstić information content (AvgIpc) is 2.81. The van der Waals surface area contributed by atoms with Crippen molar-refractivity contribution in [1.82, 2.24) is 4.90 Å². The number of halogens is 6. The Labute approximate surface area is 145 Å². The van der Waals surface area contributed by atoms with Crippen molar-refractivity contribution < 1.29 is 35.9 Å². The van der Waals surface area contributed by atoms with Crippen LogP contribution in [0.3, 0.4) is 0 Å². The second-order valence-electron chi connectivity index (χ2n) is 5.96. The Balaban J connectivity index is 2.24. The first kappa shape index (κ1) is 20.1. The zero-order valence-electron chi connectivity index (χ0n) is 13.5. The third-order valence-electron chi connectivity index (χ3n) is 3.93. The number of alkyl halides is 6. The molecule has 0 bridgehead atoms. The van der Waals surface area contributed by atoms with E-state index in [0.717, 1.165) is 12.8 Å². The van der Waals surface area contributed by atoms with E-state index in [2.05, 4.69) is 0 Å². The third kappa shape index (κ3) is 5.12. The van der Waals surface area contributed by atoms with Gasteiger partial charge < -0.3 is 10.2 Å². The van der Waals surface area contributed by atoms with Gasteiger partial charge in [0.15, 0.2) is 0 Å². The largest absolute Gasteiger partial charge is 0.416 e. The molecule has 0 aliphatic carbocycles. The molecule has 0 atom stereocenters. The number of rotatable bonds is 1. The van der Waals surface area contributed by atoms with E-state index >= 15 is 0 Å². The molecule has 10 heteroatoms. The van der Waals surface area contributed by atoms with Gasteiger partial charge in [-0.25, -0.2) is 0 Å². The maximum Gasteiger partial charge on any atom is 0.416 e. The number of carbonyl (C=O) groups is 2. The standard InChI is InChI=1S/C16H16F6N2O2/c17-15(18,19)10-7-11(16(20,21)22)9-12(8-10)23-13(25)14(26)24-5-3-1-2-4-6-24/h7-9H,1-6H2,(H,23,25). The number of nitrogens with one attached hydrogen (secondary N) is 1. The fourth-order valence-electron chi connectivity index (χ4n) is 2.63. The van der Waals surface area contributed by atoms with Crippen LogP contribution in [0.1, 0.15) is 36.8 Å². The van der Waals surface area contributed by atoms with Gasteiger partial charge >= 0.3 is 24.2 Å². The van der Waals surface area contributed by atoms with Crippen molar-refractivity contribution in [3.63, 3.8) is 0 Å². The van der Waals surface area contributed by atoms with Crippen molar-refractivity contribution in [3.8, 4) is 0 Å². The van der Waals surface area contributed by atoms with Gasteiger partial charge in [-0.15, -0.1) is 0 Å². The molecule has 1 fully saturated rings. The van der Waals surface area contributed by atoms with E-state index in [0.29, 0.717) is 38.1 Å². The molecule has 1 saturated heterocycles. The van der Waals surface area contributed by atoms with Crippen LogP contribution in [0.4, 0.5) is 32.0 Å². The highest BCUT2D eigenvalue weighted by atomic mass is 19.4. The van der Waals surface area contributed by atoms with Gasteiger partial charge in [-0.2, -0.15) is 26.3 Å². The van der Waals surface area contributed by atoms with Crippen molar-refractivity contribution in [3.05, 3.63) is 29.3 Å². The van der Waals surface area contributed by atoms with Crippen LogP contribution < -0.4 is 5.32 Å². The lowest BCUT2D eigenvalue weighted by Gasteiger charge is -2.20. The summed E-state index contributed by atoms with van der Waals surface area (Å²) in [4.78, 5) is 25.3. The van der Waals surface area contributed by atoms with Crippen LogP contribution in [0.2, 0.25) is 0 Å². The van der Waals surface area contributed by atoms with Crippen LogP contribution in [-0.4, -0.2) is 29.8 Å². The highest BCUT2D eigenvalue weighted by Crippen LogP contribution is 2.37. The van der Waals surface area contributed by atoms with Crippen LogP contribution in [0, 0.1) is 0 Å². The third-order valence-corrected chi connectivity index (χ3v) is 3.93. The first-order valence-corrected chi connectivity index (χ1v) is 7.88. The zero-order chi connectivity index (χ0) is 19.5. The maximum absolute atomic E-state index is 12.8. The van der Waals surface area contributed by atoms with Gasteiger partial charge in [0.1, 0.15) is 0 Å². The van der Waals surface area contributed by atoms with E-state index in [4.69, 9.17) is 0 Å². The predicted molar refractivity (Wildman–Crippen MR) is 80.1 cm³/mol. The van der Waals surface area contributed by atoms with Crippen LogP contribution in [0.5, 0.6) is 0 Å². The van der Waals surface area contributed by atoms with E-state index in [1.165, 1.54) is 4.90 Å². The summed E-state index contributed by atoms with van der Waals surface area (Å²) in [5.74, 6) is -2.24. The predicted octanol–water partition coefficient (Wildman–Crippen LogP) is 4.07. The first-order valence-electron chi connectivity index (χ1n) is 7.88. The molecule has 26 heavy (non-hydrogen) atoms. The Hall–Kier alpha value is -2.26. The molecule has 2 amide bonds. The molecule has 1 heterocycles. The maximum atomic E-state index is 12.8. The molecule has 0 radical (unpaired) electrons. The number of amides is 2. The first-order chi connectivity index (χ1) is 12.0. The summed E-state index contributed by atoms with van der Waals surface area (Å²) in [5, 5.41) is 1.85. The number of hydrogen-bond donors (Lipinski definition) is 1. The number of benzene rings is 1. The summed E-state index contributed by atoms with van der Waals surface area (Å²) in [6.07, 6.45) is -6.94. The average molecular weight is 382 g/mol. The normalized spacial score (nSPS) is 16.2. The molecular weight excluding hydrogens is 366 g/mol. The molecular formula is C16H16F6N2O2. The SMILES string of the molecule is O=C(Nc1cc(C(F)(F)F)cc(C(F)(F)F)c1)C(=O)N1CCCCCC1. The number of nitrogens with zero attached hydrogens (tertiary/aromatic N) is 1. The lowest BCUT2D eigenvalue weighted by atomic mass is 10.1. The fraction of sp³-hybridized carbons (Fsp3) is 0.500. The quantitative estimate of drug-likeness (QED) is 0.588. The minimum Gasteiger partial charge on any atom is -0.334 e. The van der Waals surface area contributed by atoms with Crippen LogP contribution in [0.25, 0.3) is 0 Å². The van der Waals surface area contributed by atoms with Crippen LogP contribution >= 0.6 is 0 Å². The smallest absolute Gasteiger partial charge is 0.334 e. The van der Waals surface area contributed by atoms with Crippen molar-refractivity contribution in [1.29, 1.82) is 0 Å². The molecule has 0 unspecified atom stereocenters. The van der Waals surface area contributed by atoms with E-state index in [-0.39, 0.29) is 6.07 Å². The number of anilines is 1. The summed E-state index contributed by atoms with van der Waals surface area (Å²) < 4.78 is 76.9. The molecule has 1 aliphatic heterocycles. The van der Waals surface area contributed by atoms with Gasteiger partial charge in [0, 0.05) is 18.8 Å². The zero-order valence-corrected chi connectivity index (χ0v) is 13.5. The van der Waals surface area contributed by atoms with Crippen LogP contribution in [0.15, 0.2) is 18.2 Å². The van der Waals surface area contributed by atoms with Crippen molar-refractivity contribution >= 4 is 17.5 Å². The lowest BCUT2D eigenvalue weighted by Crippen LogP contribution is -2.40. The molecule has 1 aromatic carbocycles. The summed E-state index contributed by atoms with van der Waals surface area (Å²) in [6.45, 7) is 0.644. The Morgan fingerprint density at radius 1 is 0.808 bits per heavy atom. The summed E-state index contributed by atoms with van der Waals surface area (Å²) in [6, 6.07) is 0.679. The Bertz CT molecular complexity index is 644. The van der Waals surface area contributed by atoms with E-state index in [1.807, 2.05) is 5.32 Å². The Morgan fingerprint density at radius 2 is 1.27 bits per heavy atom. The summed E-state index contributed by atoms with van der Waals surface area (Å²) in [5.41, 5.74) is -3.87. The van der Waals surface area contributed by atoms with Gasteiger partial charge in [-0.1, -0.05) is 12.8 Å². The molecule has 4 nitrogen and oxygen atoms in total. The molecule has 1 aromatic rings. The highest BCUT2D eigenvalue weighted by molar-refractivity contribution is 6.39. The van der Waals surface area contributed by atoms with Gasteiger partial charge in [-0.3, -0.25) is 9.59 Å². The fourth-order valence-corrected chi connectivity index (χ4v) is 2.63. The second kappa shape index (κ2) is 7.55. The van der Waals surface area contributed by atoms with Gasteiger partial charge in [0.25, 0.3) is 0 Å². The highest BCUT2D eigenvalue weighted by Gasteiger charge is 2.37. The minimum atomic E-state index is -5.03. The Kier molecular flexibility index (Phi) is 5.82. The molecule has 0 spiro atoms. The minimum absolute atomic E-state index is 0.0493. The molecule has 1 N–H and O–H groups in total. The monoisotopic (exact) mass is 382 g/mol. The second-order valence-corrected chi connectivity index (χ2v) is 5.96. The summed E-state index contributed by atoms with van der Waals surface area (Å²) >= 11 is 0. The van der Waals surface area contributed by atoms with Gasteiger partial charge in [0.2, 0.25) is 0 Å². The molecule has 0 saturated carbocycles.